The molecule has 2 rings (SSSR count). The summed E-state index contributed by atoms with van der Waals surface area (Å²) >= 11 is 0. The molecule has 1 saturated carbocycles. The van der Waals surface area contributed by atoms with Crippen LogP contribution in [0.1, 0.15) is 38.4 Å². The summed E-state index contributed by atoms with van der Waals surface area (Å²) in [5, 5.41) is 6.52. The lowest BCUT2D eigenvalue weighted by atomic mass is 9.89. The number of nitrogens with zero attached hydrogens (tertiary/aromatic N) is 2. The van der Waals surface area contributed by atoms with Crippen LogP contribution in [0.3, 0.4) is 0 Å². The van der Waals surface area contributed by atoms with Gasteiger partial charge in [0.05, 0.1) is 6.10 Å². The molecule has 0 atom stereocenters. The first kappa shape index (κ1) is 13.1. The van der Waals surface area contributed by atoms with Gasteiger partial charge in [-0.05, 0) is 12.8 Å². The first-order valence-corrected chi connectivity index (χ1v) is 6.48. The molecule has 5 heteroatoms. The third-order valence-electron chi connectivity index (χ3n) is 3.30. The van der Waals surface area contributed by atoms with Gasteiger partial charge < -0.3 is 15.4 Å². The summed E-state index contributed by atoms with van der Waals surface area (Å²) in [5.74, 6) is 2.95. The number of rotatable bonds is 5. The van der Waals surface area contributed by atoms with Crippen molar-refractivity contribution in [2.24, 2.45) is 0 Å². The third kappa shape index (κ3) is 2.90. The minimum Gasteiger partial charge on any atom is -0.381 e. The predicted molar refractivity (Wildman–Crippen MR) is 73.1 cm³/mol. The molecule has 1 aliphatic carbocycles. The van der Waals surface area contributed by atoms with Crippen molar-refractivity contribution in [2.45, 2.75) is 44.8 Å². The van der Waals surface area contributed by atoms with Gasteiger partial charge in [0.2, 0.25) is 0 Å². The van der Waals surface area contributed by atoms with Crippen LogP contribution in [0.25, 0.3) is 0 Å². The number of hydrogen-bond donors (Lipinski definition) is 2. The number of hydrogen-bond acceptors (Lipinski definition) is 5. The summed E-state index contributed by atoms with van der Waals surface area (Å²) < 4.78 is 5.28. The topological polar surface area (TPSA) is 59.1 Å². The van der Waals surface area contributed by atoms with Crippen molar-refractivity contribution in [1.82, 2.24) is 9.97 Å². The monoisotopic (exact) mass is 250 g/mol. The van der Waals surface area contributed by atoms with Crippen LogP contribution in [0.2, 0.25) is 0 Å². The second-order valence-corrected chi connectivity index (χ2v) is 5.07. The van der Waals surface area contributed by atoms with Gasteiger partial charge in [0.15, 0.2) is 0 Å². The Morgan fingerprint density at radius 1 is 1.28 bits per heavy atom. The van der Waals surface area contributed by atoms with Crippen molar-refractivity contribution >= 4 is 11.6 Å². The molecular formula is C13H22N4O. The van der Waals surface area contributed by atoms with Crippen LogP contribution < -0.4 is 10.6 Å². The van der Waals surface area contributed by atoms with Gasteiger partial charge in [0.25, 0.3) is 0 Å². The smallest absolute Gasteiger partial charge is 0.135 e. The molecule has 0 radical (unpaired) electrons. The number of nitrogens with one attached hydrogen (secondary N) is 2. The van der Waals surface area contributed by atoms with E-state index in [0.717, 1.165) is 30.3 Å². The summed E-state index contributed by atoms with van der Waals surface area (Å²) in [7, 11) is 3.64. The molecule has 1 heterocycles. The Morgan fingerprint density at radius 2 is 1.94 bits per heavy atom. The summed E-state index contributed by atoms with van der Waals surface area (Å²) in [6, 6.07) is 2.42. The fourth-order valence-electron chi connectivity index (χ4n) is 2.01. The summed E-state index contributed by atoms with van der Waals surface area (Å²) in [6.07, 6.45) is 2.50. The molecule has 1 aromatic heterocycles. The van der Waals surface area contributed by atoms with E-state index in [0.29, 0.717) is 18.1 Å². The van der Waals surface area contributed by atoms with E-state index in [9.17, 15) is 0 Å². The van der Waals surface area contributed by atoms with Crippen LogP contribution in [-0.2, 0) is 4.74 Å². The van der Waals surface area contributed by atoms with Crippen LogP contribution in [0.15, 0.2) is 6.07 Å². The Hall–Kier alpha value is -1.36. The fraction of sp³-hybridized carbons (Fsp3) is 0.692. The first-order chi connectivity index (χ1) is 8.62. The Bertz CT molecular complexity index is 402. The SMILES string of the molecule is CNc1cc(NC2CC(OC)C2)nc(C(C)C)n1. The second kappa shape index (κ2) is 5.52. The Labute approximate surface area is 108 Å². The summed E-state index contributed by atoms with van der Waals surface area (Å²) in [4.78, 5) is 9.00. The maximum atomic E-state index is 5.28. The van der Waals surface area contributed by atoms with E-state index in [2.05, 4.69) is 34.4 Å². The van der Waals surface area contributed by atoms with Gasteiger partial charge in [0, 0.05) is 32.2 Å². The quantitative estimate of drug-likeness (QED) is 0.839. The van der Waals surface area contributed by atoms with Crippen molar-refractivity contribution in [1.29, 1.82) is 0 Å². The molecule has 5 nitrogen and oxygen atoms in total. The molecule has 0 amide bonds. The highest BCUT2D eigenvalue weighted by Gasteiger charge is 2.29. The molecule has 1 aliphatic rings. The van der Waals surface area contributed by atoms with Crippen molar-refractivity contribution in [3.05, 3.63) is 11.9 Å². The number of anilines is 2. The Morgan fingerprint density at radius 3 is 2.50 bits per heavy atom. The number of aromatic nitrogens is 2. The molecule has 0 aliphatic heterocycles. The summed E-state index contributed by atoms with van der Waals surface area (Å²) in [5.41, 5.74) is 0. The number of methoxy groups -OCH3 is 1. The highest BCUT2D eigenvalue weighted by atomic mass is 16.5. The largest absolute Gasteiger partial charge is 0.381 e. The van der Waals surface area contributed by atoms with E-state index in [-0.39, 0.29) is 0 Å². The van der Waals surface area contributed by atoms with Gasteiger partial charge in [-0.15, -0.1) is 0 Å². The highest BCUT2D eigenvalue weighted by Crippen LogP contribution is 2.26. The number of ether oxygens (including phenoxy) is 1. The van der Waals surface area contributed by atoms with E-state index >= 15 is 0 Å². The zero-order chi connectivity index (χ0) is 13.1. The molecule has 100 valence electrons. The van der Waals surface area contributed by atoms with Crippen LogP contribution in [0.4, 0.5) is 11.6 Å². The molecular weight excluding hydrogens is 228 g/mol. The molecule has 2 N–H and O–H groups in total. The first-order valence-electron chi connectivity index (χ1n) is 6.48. The molecule has 18 heavy (non-hydrogen) atoms. The molecule has 0 aromatic carbocycles. The molecule has 1 aromatic rings. The lowest BCUT2D eigenvalue weighted by Gasteiger charge is -2.35. The maximum Gasteiger partial charge on any atom is 0.135 e. The van der Waals surface area contributed by atoms with Crippen LogP contribution in [0.5, 0.6) is 0 Å². The van der Waals surface area contributed by atoms with Gasteiger partial charge >= 0.3 is 0 Å². The molecule has 1 fully saturated rings. The Balaban J connectivity index is 2.05. The normalized spacial score (nSPS) is 22.7. The minimum absolute atomic E-state index is 0.326. The average molecular weight is 250 g/mol. The zero-order valence-corrected chi connectivity index (χ0v) is 11.5. The van der Waals surface area contributed by atoms with Gasteiger partial charge in [-0.1, -0.05) is 13.8 Å². The third-order valence-corrected chi connectivity index (χ3v) is 3.30. The van der Waals surface area contributed by atoms with Crippen molar-refractivity contribution < 1.29 is 4.74 Å². The van der Waals surface area contributed by atoms with E-state index in [1.165, 1.54) is 0 Å². The summed E-state index contributed by atoms with van der Waals surface area (Å²) in [6.45, 7) is 4.20. The molecule has 0 spiro atoms. The second-order valence-electron chi connectivity index (χ2n) is 5.07. The van der Waals surface area contributed by atoms with Crippen LogP contribution in [0, 0.1) is 0 Å². The van der Waals surface area contributed by atoms with Crippen molar-refractivity contribution in [3.8, 4) is 0 Å². The average Bonchev–Trinajstić information content (AvgIpc) is 2.32. The predicted octanol–water partition coefficient (Wildman–Crippen LogP) is 2.23. The minimum atomic E-state index is 0.326. The van der Waals surface area contributed by atoms with E-state index in [1.54, 1.807) is 7.11 Å². The van der Waals surface area contributed by atoms with E-state index in [1.807, 2.05) is 13.1 Å². The Kier molecular flexibility index (Phi) is 4.01. The highest BCUT2D eigenvalue weighted by molar-refractivity contribution is 5.48. The molecule has 0 bridgehead atoms. The van der Waals surface area contributed by atoms with E-state index < -0.39 is 0 Å². The molecule has 0 unspecified atom stereocenters. The zero-order valence-electron chi connectivity index (χ0n) is 11.5. The standard InChI is InChI=1S/C13H22N4O/c1-8(2)13-16-11(14-3)7-12(17-13)15-9-5-10(6-9)18-4/h7-10H,5-6H2,1-4H3,(H2,14,15,16,17). The fourth-order valence-corrected chi connectivity index (χ4v) is 2.01. The van der Waals surface area contributed by atoms with Gasteiger partial charge in [-0.3, -0.25) is 0 Å². The van der Waals surface area contributed by atoms with Crippen molar-refractivity contribution in [2.75, 3.05) is 24.8 Å². The van der Waals surface area contributed by atoms with Gasteiger partial charge in [-0.25, -0.2) is 9.97 Å². The van der Waals surface area contributed by atoms with Gasteiger partial charge in [0.1, 0.15) is 17.5 Å². The van der Waals surface area contributed by atoms with Crippen molar-refractivity contribution in [3.63, 3.8) is 0 Å². The van der Waals surface area contributed by atoms with Gasteiger partial charge in [-0.2, -0.15) is 0 Å². The van der Waals surface area contributed by atoms with Crippen LogP contribution >= 0.6 is 0 Å². The lowest BCUT2D eigenvalue weighted by Crippen LogP contribution is -2.40. The molecule has 0 saturated heterocycles. The van der Waals surface area contributed by atoms with Crippen LogP contribution in [-0.4, -0.2) is 36.3 Å². The maximum absolute atomic E-state index is 5.28. The van der Waals surface area contributed by atoms with E-state index in [4.69, 9.17) is 4.74 Å². The lowest BCUT2D eigenvalue weighted by molar-refractivity contribution is 0.0328.